The molecule has 0 spiro atoms. The fourth-order valence-corrected chi connectivity index (χ4v) is 1.69. The molecule has 1 aromatic carbocycles. The van der Waals surface area contributed by atoms with E-state index in [2.05, 4.69) is 18.4 Å². The molecule has 2 heteroatoms. The van der Waals surface area contributed by atoms with Gasteiger partial charge in [-0.1, -0.05) is 32.9 Å². The van der Waals surface area contributed by atoms with Crippen LogP contribution in [0.4, 0.5) is 0 Å². The van der Waals surface area contributed by atoms with E-state index in [0.29, 0.717) is 0 Å². The molecule has 0 aliphatic heterocycles. The van der Waals surface area contributed by atoms with Crippen molar-refractivity contribution < 1.29 is 5.11 Å². The van der Waals surface area contributed by atoms with Gasteiger partial charge in [0.25, 0.3) is 0 Å². The van der Waals surface area contributed by atoms with Gasteiger partial charge in [0.1, 0.15) is 0 Å². The molecule has 78 valence electrons. The first-order valence-corrected chi connectivity index (χ1v) is 5.99. The lowest BCUT2D eigenvalue weighted by molar-refractivity contribution is 0.0626. The standard InChI is InChI=1S/C12H18OS/c1-12(2,3)11(13)9-5-7-10(14-4)8-6-9/h5-8,11,13H,1-4H3. The van der Waals surface area contributed by atoms with E-state index in [0.717, 1.165) is 5.56 Å². The van der Waals surface area contributed by atoms with Gasteiger partial charge in [-0.2, -0.15) is 0 Å². The number of aliphatic hydroxyl groups excluding tert-OH is 1. The Bertz CT molecular complexity index is 284. The van der Waals surface area contributed by atoms with Gasteiger partial charge in [-0.15, -0.1) is 11.8 Å². The minimum Gasteiger partial charge on any atom is -0.388 e. The molecule has 0 saturated heterocycles. The van der Waals surface area contributed by atoms with Gasteiger partial charge in [0.05, 0.1) is 6.10 Å². The van der Waals surface area contributed by atoms with Crippen molar-refractivity contribution in [2.45, 2.75) is 31.8 Å². The molecule has 0 radical (unpaired) electrons. The number of thioether (sulfide) groups is 1. The van der Waals surface area contributed by atoms with Crippen LogP contribution in [0.5, 0.6) is 0 Å². The first-order chi connectivity index (χ1) is 6.45. The predicted octanol–water partition coefficient (Wildman–Crippen LogP) is 3.49. The van der Waals surface area contributed by atoms with Crippen LogP contribution in [-0.4, -0.2) is 11.4 Å². The second-order valence-corrected chi connectivity index (χ2v) is 5.42. The van der Waals surface area contributed by atoms with Gasteiger partial charge >= 0.3 is 0 Å². The molecular weight excluding hydrogens is 192 g/mol. The Kier molecular flexibility index (Phi) is 3.62. The summed E-state index contributed by atoms with van der Waals surface area (Å²) in [6.07, 6.45) is 1.66. The van der Waals surface area contributed by atoms with Gasteiger partial charge in [0, 0.05) is 4.90 Å². The quantitative estimate of drug-likeness (QED) is 0.754. The summed E-state index contributed by atoms with van der Waals surface area (Å²) in [5.41, 5.74) is 0.899. The second-order valence-electron chi connectivity index (χ2n) is 4.54. The van der Waals surface area contributed by atoms with Gasteiger partial charge in [0.15, 0.2) is 0 Å². The van der Waals surface area contributed by atoms with Crippen LogP contribution in [-0.2, 0) is 0 Å². The molecule has 0 aliphatic rings. The fraction of sp³-hybridized carbons (Fsp3) is 0.500. The molecule has 1 aromatic rings. The highest BCUT2D eigenvalue weighted by Crippen LogP contribution is 2.32. The molecule has 0 fully saturated rings. The van der Waals surface area contributed by atoms with E-state index in [1.807, 2.05) is 32.9 Å². The van der Waals surface area contributed by atoms with Crippen LogP contribution >= 0.6 is 11.8 Å². The monoisotopic (exact) mass is 210 g/mol. The Morgan fingerprint density at radius 3 is 2.00 bits per heavy atom. The van der Waals surface area contributed by atoms with Crippen LogP contribution in [0.3, 0.4) is 0 Å². The van der Waals surface area contributed by atoms with Crippen LogP contribution in [0.2, 0.25) is 0 Å². The zero-order chi connectivity index (χ0) is 10.8. The van der Waals surface area contributed by atoms with Crippen molar-refractivity contribution in [2.24, 2.45) is 5.41 Å². The van der Waals surface area contributed by atoms with Crippen LogP contribution < -0.4 is 0 Å². The van der Waals surface area contributed by atoms with Crippen LogP contribution in [0.1, 0.15) is 32.4 Å². The summed E-state index contributed by atoms with van der Waals surface area (Å²) in [6, 6.07) is 8.10. The van der Waals surface area contributed by atoms with E-state index >= 15 is 0 Å². The Morgan fingerprint density at radius 1 is 1.14 bits per heavy atom. The average molecular weight is 210 g/mol. The molecule has 0 aromatic heterocycles. The third-order valence-corrected chi connectivity index (χ3v) is 3.00. The zero-order valence-corrected chi connectivity index (χ0v) is 10.1. The topological polar surface area (TPSA) is 20.2 Å². The highest BCUT2D eigenvalue weighted by atomic mass is 32.2. The number of aliphatic hydroxyl groups is 1. The van der Waals surface area contributed by atoms with Gasteiger partial charge < -0.3 is 5.11 Å². The molecule has 0 amide bonds. The summed E-state index contributed by atoms with van der Waals surface area (Å²) in [7, 11) is 0. The zero-order valence-electron chi connectivity index (χ0n) is 9.24. The second kappa shape index (κ2) is 4.37. The molecule has 0 heterocycles. The van der Waals surface area contributed by atoms with Crippen molar-refractivity contribution in [2.75, 3.05) is 6.26 Å². The average Bonchev–Trinajstić information content (AvgIpc) is 2.15. The molecule has 0 saturated carbocycles. The van der Waals surface area contributed by atoms with Crippen molar-refractivity contribution in [3.8, 4) is 0 Å². The summed E-state index contributed by atoms with van der Waals surface area (Å²) in [4.78, 5) is 1.23. The number of benzene rings is 1. The highest BCUT2D eigenvalue weighted by Gasteiger charge is 2.23. The van der Waals surface area contributed by atoms with E-state index in [-0.39, 0.29) is 5.41 Å². The molecule has 14 heavy (non-hydrogen) atoms. The van der Waals surface area contributed by atoms with Crippen molar-refractivity contribution in [1.29, 1.82) is 0 Å². The van der Waals surface area contributed by atoms with E-state index < -0.39 is 6.10 Å². The van der Waals surface area contributed by atoms with Crippen molar-refractivity contribution in [3.63, 3.8) is 0 Å². The first-order valence-electron chi connectivity index (χ1n) is 4.77. The minimum absolute atomic E-state index is 0.0964. The maximum Gasteiger partial charge on any atom is 0.0838 e. The lowest BCUT2D eigenvalue weighted by Crippen LogP contribution is -2.17. The van der Waals surface area contributed by atoms with Crippen LogP contribution in [0.15, 0.2) is 29.2 Å². The molecule has 0 bridgehead atoms. The summed E-state index contributed by atoms with van der Waals surface area (Å²) in [5, 5.41) is 10.0. The summed E-state index contributed by atoms with van der Waals surface area (Å²) < 4.78 is 0. The molecule has 0 aliphatic carbocycles. The fourth-order valence-electron chi connectivity index (χ4n) is 1.29. The highest BCUT2D eigenvalue weighted by molar-refractivity contribution is 7.98. The number of rotatable bonds is 2. The predicted molar refractivity (Wildman–Crippen MR) is 62.6 cm³/mol. The van der Waals surface area contributed by atoms with E-state index in [9.17, 15) is 5.11 Å². The third-order valence-electron chi connectivity index (χ3n) is 2.25. The van der Waals surface area contributed by atoms with Crippen molar-refractivity contribution in [3.05, 3.63) is 29.8 Å². The van der Waals surface area contributed by atoms with E-state index in [1.165, 1.54) is 4.90 Å². The first kappa shape index (κ1) is 11.6. The Hall–Kier alpha value is -0.470. The van der Waals surface area contributed by atoms with Crippen molar-refractivity contribution in [1.82, 2.24) is 0 Å². The SMILES string of the molecule is CSc1ccc(C(O)C(C)(C)C)cc1. The number of hydrogen-bond acceptors (Lipinski definition) is 2. The molecule has 1 N–H and O–H groups in total. The lowest BCUT2D eigenvalue weighted by atomic mass is 9.85. The largest absolute Gasteiger partial charge is 0.388 e. The molecule has 1 nitrogen and oxygen atoms in total. The Balaban J connectivity index is 2.87. The molecule has 1 unspecified atom stereocenters. The summed E-state index contributed by atoms with van der Waals surface area (Å²) >= 11 is 1.72. The summed E-state index contributed by atoms with van der Waals surface area (Å²) in [6.45, 7) is 6.13. The number of hydrogen-bond donors (Lipinski definition) is 1. The molecular formula is C12H18OS. The molecule has 1 atom stereocenters. The molecule has 1 rings (SSSR count). The van der Waals surface area contributed by atoms with E-state index in [1.54, 1.807) is 11.8 Å². The van der Waals surface area contributed by atoms with Crippen LogP contribution in [0.25, 0.3) is 0 Å². The maximum absolute atomic E-state index is 10.0. The van der Waals surface area contributed by atoms with Gasteiger partial charge in [-0.3, -0.25) is 0 Å². The lowest BCUT2D eigenvalue weighted by Gasteiger charge is -2.26. The third kappa shape index (κ3) is 2.76. The minimum atomic E-state index is -0.390. The van der Waals surface area contributed by atoms with Crippen molar-refractivity contribution >= 4 is 11.8 Å². The van der Waals surface area contributed by atoms with Crippen LogP contribution in [0, 0.1) is 5.41 Å². The Morgan fingerprint density at radius 2 is 1.64 bits per heavy atom. The van der Waals surface area contributed by atoms with Gasteiger partial charge in [-0.25, -0.2) is 0 Å². The maximum atomic E-state index is 10.0. The summed E-state index contributed by atoms with van der Waals surface area (Å²) in [5.74, 6) is 0. The normalized spacial score (nSPS) is 14.1. The van der Waals surface area contributed by atoms with E-state index in [4.69, 9.17) is 0 Å². The Labute approximate surface area is 90.5 Å². The van der Waals surface area contributed by atoms with Gasteiger partial charge in [0.2, 0.25) is 0 Å². The van der Waals surface area contributed by atoms with Gasteiger partial charge in [-0.05, 0) is 29.4 Å². The smallest absolute Gasteiger partial charge is 0.0838 e.